The van der Waals surface area contributed by atoms with Crippen LogP contribution < -0.4 is 9.47 Å². The quantitative estimate of drug-likeness (QED) is 0.523. The van der Waals surface area contributed by atoms with E-state index in [-0.39, 0.29) is 28.9 Å². The number of nitrogens with one attached hydrogen (secondary N) is 1. The largest absolute Gasteiger partial charge is 0.493 e. The van der Waals surface area contributed by atoms with Crippen molar-refractivity contribution in [2.24, 2.45) is 10.1 Å². The average Bonchev–Trinajstić information content (AvgIpc) is 3.19. The van der Waals surface area contributed by atoms with E-state index in [4.69, 9.17) is 26.5 Å². The molecule has 0 bridgehead atoms. The summed E-state index contributed by atoms with van der Waals surface area (Å²) in [5, 5.41) is 15.7. The molecule has 7 nitrogen and oxygen atoms in total. The molecule has 0 atom stereocenters. The Hall–Kier alpha value is -3.17. The third-order valence-corrected chi connectivity index (χ3v) is 6.07. The molecule has 170 valence electrons. The number of carbonyl (C=O) groups excluding carboxylic acids is 1. The lowest BCUT2D eigenvalue weighted by atomic mass is 10.1. The predicted molar refractivity (Wildman–Crippen MR) is 129 cm³/mol. The molecule has 4 rings (SSSR count). The minimum absolute atomic E-state index is 0.0460. The van der Waals surface area contributed by atoms with Gasteiger partial charge in [0.1, 0.15) is 17.5 Å². The summed E-state index contributed by atoms with van der Waals surface area (Å²) in [6, 6.07) is 9.21. The van der Waals surface area contributed by atoms with Crippen LogP contribution in [0.25, 0.3) is 6.08 Å². The van der Waals surface area contributed by atoms with Gasteiger partial charge in [-0.25, -0.2) is 4.39 Å². The Balaban J connectivity index is 1.59. The first-order valence-corrected chi connectivity index (χ1v) is 11.3. The van der Waals surface area contributed by atoms with Gasteiger partial charge in [-0.15, -0.1) is 0 Å². The lowest BCUT2D eigenvalue weighted by molar-refractivity contribution is -0.114. The average molecular weight is 487 g/mol. The Morgan fingerprint density at radius 2 is 2.03 bits per heavy atom. The van der Waals surface area contributed by atoms with Crippen molar-refractivity contribution in [3.8, 4) is 11.5 Å². The number of fused-ring (bicyclic) bond motifs is 1. The normalized spacial score (nSPS) is 16.6. The monoisotopic (exact) mass is 486 g/mol. The Morgan fingerprint density at radius 1 is 1.27 bits per heavy atom. The van der Waals surface area contributed by atoms with Crippen molar-refractivity contribution >= 4 is 51.4 Å². The molecule has 1 amide bonds. The molecular formula is C23H20ClFN4O3S. The van der Waals surface area contributed by atoms with Crippen LogP contribution in [0.1, 0.15) is 30.9 Å². The standard InChI is InChI=1S/C23H20ClFN4O3S/c1-3-4-19-28-29-21(26)16(22(30)27-23(29)33-19)9-14-10-17(24)20(18(11-14)31-2)32-12-13-5-7-15(25)8-6-13/h5-11,26H,3-4,12H2,1-2H3/b16-9-,26-21?. The van der Waals surface area contributed by atoms with Gasteiger partial charge in [0, 0.05) is 0 Å². The van der Waals surface area contributed by atoms with Gasteiger partial charge in [-0.2, -0.15) is 15.1 Å². The summed E-state index contributed by atoms with van der Waals surface area (Å²) >= 11 is 7.75. The Morgan fingerprint density at radius 3 is 2.73 bits per heavy atom. The number of hydrogen-bond acceptors (Lipinski definition) is 6. The van der Waals surface area contributed by atoms with Crippen LogP contribution in [0, 0.1) is 11.2 Å². The third kappa shape index (κ3) is 4.94. The van der Waals surface area contributed by atoms with Crippen molar-refractivity contribution in [1.29, 1.82) is 5.41 Å². The van der Waals surface area contributed by atoms with Crippen LogP contribution in [0.15, 0.2) is 52.1 Å². The smallest absolute Gasteiger partial charge is 0.283 e. The minimum atomic E-state index is -0.515. The highest BCUT2D eigenvalue weighted by Gasteiger charge is 2.35. The SMILES string of the molecule is CCCC1=NN2C(=N)/C(=C/c3cc(Cl)c(OCc4ccc(F)cc4)c(OC)c3)C(=O)N=C2S1. The van der Waals surface area contributed by atoms with Gasteiger partial charge < -0.3 is 9.47 Å². The molecule has 1 N–H and O–H groups in total. The molecule has 2 aromatic rings. The van der Waals surface area contributed by atoms with E-state index in [1.807, 2.05) is 6.92 Å². The number of methoxy groups -OCH3 is 1. The molecule has 0 saturated heterocycles. The second kappa shape index (κ2) is 9.76. The first-order valence-electron chi connectivity index (χ1n) is 10.1. The maximum atomic E-state index is 13.1. The van der Waals surface area contributed by atoms with Crippen molar-refractivity contribution < 1.29 is 18.7 Å². The molecule has 0 aromatic heterocycles. The van der Waals surface area contributed by atoms with Crippen LogP contribution >= 0.6 is 23.4 Å². The molecule has 0 radical (unpaired) electrons. The van der Waals surface area contributed by atoms with Crippen molar-refractivity contribution in [3.63, 3.8) is 0 Å². The van der Waals surface area contributed by atoms with Crippen LogP contribution in [0.2, 0.25) is 5.02 Å². The Labute approximate surface area is 199 Å². The van der Waals surface area contributed by atoms with Crippen molar-refractivity contribution in [2.45, 2.75) is 26.4 Å². The fourth-order valence-corrected chi connectivity index (χ4v) is 4.47. The van der Waals surface area contributed by atoms with Gasteiger partial charge in [-0.1, -0.05) is 30.7 Å². The maximum Gasteiger partial charge on any atom is 0.283 e. The lowest BCUT2D eigenvalue weighted by Gasteiger charge is -2.20. The van der Waals surface area contributed by atoms with E-state index >= 15 is 0 Å². The fourth-order valence-electron chi connectivity index (χ4n) is 3.21. The van der Waals surface area contributed by atoms with Gasteiger partial charge in [0.05, 0.1) is 17.7 Å². The summed E-state index contributed by atoms with van der Waals surface area (Å²) in [6.07, 6.45) is 3.19. The molecule has 33 heavy (non-hydrogen) atoms. The molecule has 0 spiro atoms. The number of hydrazone groups is 1. The molecule has 0 saturated carbocycles. The zero-order valence-corrected chi connectivity index (χ0v) is 19.5. The third-order valence-electron chi connectivity index (χ3n) is 4.82. The number of aliphatic imine (C=N–C) groups is 1. The molecule has 0 unspecified atom stereocenters. The number of rotatable bonds is 7. The first kappa shape index (κ1) is 23.0. The number of amidine groups is 2. The molecule has 0 aliphatic carbocycles. The zero-order chi connectivity index (χ0) is 23.5. The summed E-state index contributed by atoms with van der Waals surface area (Å²) in [7, 11) is 1.48. The fraction of sp³-hybridized carbons (Fsp3) is 0.217. The Kier molecular flexibility index (Phi) is 6.80. The van der Waals surface area contributed by atoms with Gasteiger partial charge in [0.25, 0.3) is 5.91 Å². The number of amides is 1. The molecule has 2 aromatic carbocycles. The highest BCUT2D eigenvalue weighted by Crippen LogP contribution is 2.38. The van der Waals surface area contributed by atoms with E-state index in [2.05, 4.69) is 10.1 Å². The van der Waals surface area contributed by atoms with Gasteiger partial charge in [0.15, 0.2) is 17.3 Å². The topological polar surface area (TPSA) is 87.3 Å². The van der Waals surface area contributed by atoms with Crippen molar-refractivity contribution in [1.82, 2.24) is 5.01 Å². The summed E-state index contributed by atoms with van der Waals surface area (Å²) in [5.41, 5.74) is 1.41. The second-order valence-corrected chi connectivity index (χ2v) is 8.66. The zero-order valence-electron chi connectivity index (χ0n) is 17.9. The van der Waals surface area contributed by atoms with E-state index in [0.29, 0.717) is 22.2 Å². The number of hydrogen-bond donors (Lipinski definition) is 1. The van der Waals surface area contributed by atoms with E-state index in [0.717, 1.165) is 23.4 Å². The van der Waals surface area contributed by atoms with Gasteiger partial charge in [-0.05, 0) is 66.1 Å². The highest BCUT2D eigenvalue weighted by molar-refractivity contribution is 8.26. The summed E-state index contributed by atoms with van der Waals surface area (Å²) in [4.78, 5) is 16.7. The first-order chi connectivity index (χ1) is 15.9. The summed E-state index contributed by atoms with van der Waals surface area (Å²) < 4.78 is 24.3. The van der Waals surface area contributed by atoms with Gasteiger partial charge in [0.2, 0.25) is 5.17 Å². The predicted octanol–water partition coefficient (Wildman–Crippen LogP) is 5.49. The van der Waals surface area contributed by atoms with Gasteiger partial charge >= 0.3 is 0 Å². The van der Waals surface area contributed by atoms with Crippen LogP contribution in [0.4, 0.5) is 4.39 Å². The number of benzene rings is 2. The number of ether oxygens (including phenoxy) is 2. The molecule has 2 aliphatic heterocycles. The molecular weight excluding hydrogens is 467 g/mol. The van der Waals surface area contributed by atoms with E-state index < -0.39 is 5.91 Å². The van der Waals surface area contributed by atoms with Crippen LogP contribution in [0.5, 0.6) is 11.5 Å². The number of nitrogens with zero attached hydrogens (tertiary/aromatic N) is 3. The summed E-state index contributed by atoms with van der Waals surface area (Å²) in [5.74, 6) is -0.212. The number of halogens is 2. The van der Waals surface area contributed by atoms with Gasteiger partial charge in [-0.3, -0.25) is 10.2 Å². The van der Waals surface area contributed by atoms with E-state index in [1.54, 1.807) is 24.3 Å². The Bertz CT molecular complexity index is 1210. The van der Waals surface area contributed by atoms with Crippen LogP contribution in [-0.2, 0) is 11.4 Å². The van der Waals surface area contributed by atoms with Crippen LogP contribution in [0.3, 0.4) is 0 Å². The van der Waals surface area contributed by atoms with Crippen LogP contribution in [-0.4, -0.2) is 34.1 Å². The lowest BCUT2D eigenvalue weighted by Crippen LogP contribution is -2.35. The highest BCUT2D eigenvalue weighted by atomic mass is 35.5. The molecule has 10 heteroatoms. The summed E-state index contributed by atoms with van der Waals surface area (Å²) in [6.45, 7) is 2.20. The van der Waals surface area contributed by atoms with E-state index in [9.17, 15) is 9.18 Å². The maximum absolute atomic E-state index is 13.1. The van der Waals surface area contributed by atoms with Crippen molar-refractivity contribution in [3.05, 3.63) is 63.9 Å². The number of carbonyl (C=O) groups is 1. The van der Waals surface area contributed by atoms with E-state index in [1.165, 1.54) is 42.1 Å². The minimum Gasteiger partial charge on any atom is -0.493 e. The van der Waals surface area contributed by atoms with Crippen molar-refractivity contribution in [2.75, 3.05) is 7.11 Å². The molecule has 2 heterocycles. The molecule has 0 fully saturated rings. The number of thioether (sulfide) groups is 1. The second-order valence-electron chi connectivity index (χ2n) is 7.21. The molecule has 2 aliphatic rings.